The standard InChI is InChI=1S/C10H18O4S/c1-15(11,12)13-7-9-10(14-9)8-5-3-2-4-6-8/h8-10H,2-7H2,1H3/t9-,10-/m0/s1. The van der Waals surface area contributed by atoms with Gasteiger partial charge in [-0.25, -0.2) is 0 Å². The van der Waals surface area contributed by atoms with E-state index in [1.54, 1.807) is 0 Å². The van der Waals surface area contributed by atoms with Crippen LogP contribution in [0.15, 0.2) is 0 Å². The van der Waals surface area contributed by atoms with Crippen molar-refractivity contribution in [1.82, 2.24) is 0 Å². The Morgan fingerprint density at radius 2 is 1.93 bits per heavy atom. The topological polar surface area (TPSA) is 55.9 Å². The maximum Gasteiger partial charge on any atom is 0.264 e. The molecule has 1 aliphatic carbocycles. The Labute approximate surface area is 91.1 Å². The van der Waals surface area contributed by atoms with Crippen LogP contribution in [0.1, 0.15) is 32.1 Å². The zero-order valence-electron chi connectivity index (χ0n) is 9.02. The molecule has 2 rings (SSSR count). The van der Waals surface area contributed by atoms with Crippen LogP contribution in [0, 0.1) is 5.92 Å². The molecule has 0 radical (unpaired) electrons. The van der Waals surface area contributed by atoms with Crippen molar-refractivity contribution >= 4 is 10.1 Å². The average molecular weight is 234 g/mol. The first-order valence-electron chi connectivity index (χ1n) is 5.56. The third-order valence-corrected chi connectivity index (χ3v) is 3.75. The summed E-state index contributed by atoms with van der Waals surface area (Å²) in [5.74, 6) is 0.631. The van der Waals surface area contributed by atoms with E-state index in [4.69, 9.17) is 8.92 Å². The van der Waals surface area contributed by atoms with Gasteiger partial charge in [0.1, 0.15) is 6.10 Å². The quantitative estimate of drug-likeness (QED) is 0.543. The van der Waals surface area contributed by atoms with Crippen molar-refractivity contribution < 1.29 is 17.3 Å². The minimum absolute atomic E-state index is 0.0165. The van der Waals surface area contributed by atoms with Crippen molar-refractivity contribution in [3.63, 3.8) is 0 Å². The molecule has 0 bridgehead atoms. The molecule has 1 aliphatic heterocycles. The van der Waals surface area contributed by atoms with Crippen LogP contribution >= 0.6 is 0 Å². The molecule has 4 nitrogen and oxygen atoms in total. The highest BCUT2D eigenvalue weighted by molar-refractivity contribution is 7.85. The summed E-state index contributed by atoms with van der Waals surface area (Å²) in [5, 5.41) is 0. The van der Waals surface area contributed by atoms with Crippen molar-refractivity contribution in [3.8, 4) is 0 Å². The van der Waals surface area contributed by atoms with Gasteiger partial charge >= 0.3 is 0 Å². The number of epoxide rings is 1. The number of ether oxygens (including phenoxy) is 1. The second-order valence-electron chi connectivity index (χ2n) is 4.53. The third kappa shape index (κ3) is 3.43. The predicted molar refractivity (Wildman–Crippen MR) is 56.0 cm³/mol. The van der Waals surface area contributed by atoms with Crippen molar-refractivity contribution in [1.29, 1.82) is 0 Å². The lowest BCUT2D eigenvalue weighted by atomic mass is 9.86. The molecule has 2 fully saturated rings. The Bertz CT molecular complexity index is 305. The predicted octanol–water partition coefficient (Wildman–Crippen LogP) is 1.31. The molecule has 2 aliphatic rings. The summed E-state index contributed by atoms with van der Waals surface area (Å²) >= 11 is 0. The third-order valence-electron chi connectivity index (χ3n) is 3.18. The second-order valence-corrected chi connectivity index (χ2v) is 6.17. The summed E-state index contributed by atoms with van der Waals surface area (Å²) in [6, 6.07) is 0. The second kappa shape index (κ2) is 4.39. The highest BCUT2D eigenvalue weighted by Crippen LogP contribution is 2.38. The van der Waals surface area contributed by atoms with Crippen LogP contribution in [0.25, 0.3) is 0 Å². The summed E-state index contributed by atoms with van der Waals surface area (Å²) in [6.45, 7) is 0.194. The average Bonchev–Trinajstić information content (AvgIpc) is 2.94. The summed E-state index contributed by atoms with van der Waals surface area (Å²) < 4.78 is 31.7. The van der Waals surface area contributed by atoms with Gasteiger partial charge in [-0.1, -0.05) is 19.3 Å². The molecule has 2 atom stereocenters. The summed E-state index contributed by atoms with van der Waals surface area (Å²) in [4.78, 5) is 0. The van der Waals surface area contributed by atoms with Gasteiger partial charge in [-0.2, -0.15) is 8.42 Å². The van der Waals surface area contributed by atoms with Gasteiger partial charge in [-0.15, -0.1) is 0 Å². The van der Waals surface area contributed by atoms with Crippen molar-refractivity contribution in [2.24, 2.45) is 5.92 Å². The Hall–Kier alpha value is -0.130. The zero-order chi connectivity index (χ0) is 10.9. The van der Waals surface area contributed by atoms with E-state index < -0.39 is 10.1 Å². The van der Waals surface area contributed by atoms with Gasteiger partial charge in [0.25, 0.3) is 10.1 Å². The lowest BCUT2D eigenvalue weighted by Crippen LogP contribution is -2.17. The van der Waals surface area contributed by atoms with Crippen LogP contribution < -0.4 is 0 Å². The van der Waals surface area contributed by atoms with E-state index in [0.717, 1.165) is 6.26 Å². The zero-order valence-corrected chi connectivity index (χ0v) is 9.83. The molecule has 0 amide bonds. The van der Waals surface area contributed by atoms with Gasteiger partial charge in [0.05, 0.1) is 19.0 Å². The molecule has 88 valence electrons. The van der Waals surface area contributed by atoms with Gasteiger partial charge in [-0.05, 0) is 18.8 Å². The maximum absolute atomic E-state index is 10.8. The minimum Gasteiger partial charge on any atom is -0.367 e. The molecule has 0 aromatic rings. The molecule has 0 N–H and O–H groups in total. The van der Waals surface area contributed by atoms with E-state index >= 15 is 0 Å². The fourth-order valence-corrected chi connectivity index (χ4v) is 2.74. The molecule has 1 saturated heterocycles. The van der Waals surface area contributed by atoms with Gasteiger partial charge in [0.15, 0.2) is 0 Å². The molecule has 0 unspecified atom stereocenters. The number of hydrogen-bond donors (Lipinski definition) is 0. The van der Waals surface area contributed by atoms with Crippen LogP contribution in [-0.2, 0) is 19.0 Å². The minimum atomic E-state index is -3.31. The molecule has 0 aromatic heterocycles. The van der Waals surface area contributed by atoms with Crippen LogP contribution in [0.4, 0.5) is 0 Å². The van der Waals surface area contributed by atoms with Crippen LogP contribution in [-0.4, -0.2) is 33.5 Å². The van der Waals surface area contributed by atoms with Gasteiger partial charge in [0.2, 0.25) is 0 Å². The van der Waals surface area contributed by atoms with Crippen LogP contribution in [0.5, 0.6) is 0 Å². The lowest BCUT2D eigenvalue weighted by molar-refractivity contribution is 0.245. The lowest BCUT2D eigenvalue weighted by Gasteiger charge is -2.19. The molecule has 0 spiro atoms. The highest BCUT2D eigenvalue weighted by atomic mass is 32.2. The van der Waals surface area contributed by atoms with Crippen molar-refractivity contribution in [3.05, 3.63) is 0 Å². The first kappa shape index (κ1) is 11.4. The number of hydrogen-bond acceptors (Lipinski definition) is 4. The molecule has 1 saturated carbocycles. The Morgan fingerprint density at radius 3 is 2.53 bits per heavy atom. The first-order chi connectivity index (χ1) is 7.06. The Balaban J connectivity index is 1.71. The Kier molecular flexibility index (Phi) is 3.33. The van der Waals surface area contributed by atoms with Gasteiger partial charge < -0.3 is 4.74 Å². The molecule has 5 heteroatoms. The monoisotopic (exact) mass is 234 g/mol. The van der Waals surface area contributed by atoms with Gasteiger partial charge in [-0.3, -0.25) is 4.18 Å². The van der Waals surface area contributed by atoms with Crippen LogP contribution in [0.3, 0.4) is 0 Å². The largest absolute Gasteiger partial charge is 0.367 e. The maximum atomic E-state index is 10.8. The SMILES string of the molecule is CS(=O)(=O)OC[C@@H]1O[C@H]1C1CCCCC1. The van der Waals surface area contributed by atoms with E-state index in [1.165, 1.54) is 32.1 Å². The van der Waals surface area contributed by atoms with E-state index in [-0.39, 0.29) is 18.8 Å². The Morgan fingerprint density at radius 1 is 1.27 bits per heavy atom. The fraction of sp³-hybridized carbons (Fsp3) is 1.00. The van der Waals surface area contributed by atoms with E-state index in [1.807, 2.05) is 0 Å². The smallest absolute Gasteiger partial charge is 0.264 e. The summed E-state index contributed by atoms with van der Waals surface area (Å²) in [6.07, 6.45) is 7.68. The fourth-order valence-electron chi connectivity index (χ4n) is 2.36. The summed E-state index contributed by atoms with van der Waals surface area (Å²) in [5.41, 5.74) is 0. The van der Waals surface area contributed by atoms with E-state index in [0.29, 0.717) is 5.92 Å². The van der Waals surface area contributed by atoms with E-state index in [9.17, 15) is 8.42 Å². The molecule has 0 aromatic carbocycles. The molecular formula is C10H18O4S. The molecular weight excluding hydrogens is 216 g/mol. The number of rotatable bonds is 4. The van der Waals surface area contributed by atoms with Crippen molar-refractivity contribution in [2.75, 3.05) is 12.9 Å². The van der Waals surface area contributed by atoms with Crippen molar-refractivity contribution in [2.45, 2.75) is 44.3 Å². The highest BCUT2D eigenvalue weighted by Gasteiger charge is 2.45. The first-order valence-corrected chi connectivity index (χ1v) is 7.38. The molecule has 1 heterocycles. The van der Waals surface area contributed by atoms with Gasteiger partial charge in [0, 0.05) is 0 Å². The summed E-state index contributed by atoms with van der Waals surface area (Å²) in [7, 11) is -3.31. The normalized spacial score (nSPS) is 32.9. The molecule has 15 heavy (non-hydrogen) atoms. The van der Waals surface area contributed by atoms with Crippen LogP contribution in [0.2, 0.25) is 0 Å². The van der Waals surface area contributed by atoms with E-state index in [2.05, 4.69) is 0 Å².